The van der Waals surface area contributed by atoms with Crippen molar-refractivity contribution >= 4 is 21.6 Å². The molecule has 1 aromatic rings. The molecule has 2 fully saturated rings. The molecule has 0 aromatic heterocycles. The summed E-state index contributed by atoms with van der Waals surface area (Å²) in [4.78, 5) is 5.12. The lowest BCUT2D eigenvalue weighted by Crippen LogP contribution is -2.33. The van der Waals surface area contributed by atoms with E-state index in [1.54, 1.807) is 0 Å². The van der Waals surface area contributed by atoms with Crippen LogP contribution >= 0.6 is 15.9 Å². The third-order valence-electron chi connectivity index (χ3n) is 5.47. The summed E-state index contributed by atoms with van der Waals surface area (Å²) in [5.74, 6) is 0.967. The quantitative estimate of drug-likeness (QED) is 0.587. The molecule has 0 aliphatic carbocycles. The highest BCUT2D eigenvalue weighted by Crippen LogP contribution is 2.28. The topological polar surface area (TPSA) is 27.7 Å². The Morgan fingerprint density at radius 3 is 2.23 bits per heavy atom. The lowest BCUT2D eigenvalue weighted by molar-refractivity contribution is 0.183. The monoisotopic (exact) mass is 423 g/mol. The Morgan fingerprint density at radius 1 is 0.885 bits per heavy atom. The van der Waals surface area contributed by atoms with Crippen LogP contribution in [0, 0.1) is 0 Å². The van der Waals surface area contributed by atoms with E-state index in [0.717, 1.165) is 35.6 Å². The maximum Gasteiger partial charge on any atom is 0.143 e. The zero-order valence-electron chi connectivity index (χ0n) is 16.0. The van der Waals surface area contributed by atoms with E-state index in [2.05, 4.69) is 49.2 Å². The first-order valence-corrected chi connectivity index (χ1v) is 11.2. The number of hydrogen-bond acceptors (Lipinski definition) is 4. The van der Waals surface area contributed by atoms with Crippen LogP contribution in [0.25, 0.3) is 0 Å². The molecule has 4 nitrogen and oxygen atoms in total. The molecular formula is C21H34BrN3O. The van der Waals surface area contributed by atoms with Crippen LogP contribution in [-0.4, -0.2) is 62.2 Å². The van der Waals surface area contributed by atoms with E-state index in [9.17, 15) is 0 Å². The van der Waals surface area contributed by atoms with Crippen LogP contribution in [0.1, 0.15) is 44.9 Å². The fourth-order valence-electron chi connectivity index (χ4n) is 3.94. The summed E-state index contributed by atoms with van der Waals surface area (Å²) in [5.41, 5.74) is 1.12. The van der Waals surface area contributed by atoms with E-state index >= 15 is 0 Å². The smallest absolute Gasteiger partial charge is 0.143 e. The van der Waals surface area contributed by atoms with Crippen molar-refractivity contribution in [3.05, 3.63) is 22.7 Å². The summed E-state index contributed by atoms with van der Waals surface area (Å²) in [5, 5.41) is 3.58. The maximum absolute atomic E-state index is 6.12. The molecule has 0 bridgehead atoms. The Morgan fingerprint density at radius 2 is 1.54 bits per heavy atom. The molecule has 0 spiro atoms. The third kappa shape index (κ3) is 6.75. The van der Waals surface area contributed by atoms with Crippen LogP contribution in [0.2, 0.25) is 0 Å². The van der Waals surface area contributed by atoms with E-state index in [0.29, 0.717) is 0 Å². The Bertz CT molecular complexity index is 528. The second kappa shape index (κ2) is 11.2. The zero-order chi connectivity index (χ0) is 18.0. The molecule has 0 atom stereocenters. The Balaban J connectivity index is 1.41. The van der Waals surface area contributed by atoms with E-state index in [4.69, 9.17) is 4.74 Å². The number of anilines is 1. The first kappa shape index (κ1) is 20.0. The lowest BCUT2D eigenvalue weighted by atomic mass is 10.1. The molecule has 0 amide bonds. The van der Waals surface area contributed by atoms with Gasteiger partial charge in [-0.25, -0.2) is 0 Å². The number of ether oxygens (including phenoxy) is 1. The SMILES string of the molecule is Brc1ccc(NCCCN2CCCCC2)c(OCCN2CCCCC2)c1. The van der Waals surface area contributed by atoms with E-state index in [-0.39, 0.29) is 0 Å². The molecule has 26 heavy (non-hydrogen) atoms. The first-order valence-electron chi connectivity index (χ1n) is 10.4. The van der Waals surface area contributed by atoms with Gasteiger partial charge in [-0.3, -0.25) is 4.90 Å². The van der Waals surface area contributed by atoms with Gasteiger partial charge in [0.05, 0.1) is 5.69 Å². The highest BCUT2D eigenvalue weighted by Gasteiger charge is 2.11. The van der Waals surface area contributed by atoms with Crippen LogP contribution in [-0.2, 0) is 0 Å². The lowest BCUT2D eigenvalue weighted by Gasteiger charge is -2.27. The Labute approximate surface area is 167 Å². The Hall–Kier alpha value is -0.780. The van der Waals surface area contributed by atoms with Gasteiger partial charge in [-0.05, 0) is 83.0 Å². The van der Waals surface area contributed by atoms with Crippen molar-refractivity contribution in [3.63, 3.8) is 0 Å². The van der Waals surface area contributed by atoms with Crippen molar-refractivity contribution in [3.8, 4) is 5.75 Å². The van der Waals surface area contributed by atoms with Crippen LogP contribution in [0.4, 0.5) is 5.69 Å². The van der Waals surface area contributed by atoms with E-state index < -0.39 is 0 Å². The third-order valence-corrected chi connectivity index (χ3v) is 5.97. The normalized spacial score (nSPS) is 19.4. The van der Waals surface area contributed by atoms with Gasteiger partial charge in [-0.1, -0.05) is 28.8 Å². The van der Waals surface area contributed by atoms with Crippen molar-refractivity contribution in [1.82, 2.24) is 9.80 Å². The average molecular weight is 424 g/mol. The molecule has 146 valence electrons. The minimum absolute atomic E-state index is 0.763. The van der Waals surface area contributed by atoms with Crippen molar-refractivity contribution < 1.29 is 4.74 Å². The molecule has 2 aliphatic heterocycles. The number of hydrogen-bond donors (Lipinski definition) is 1. The van der Waals surface area contributed by atoms with Gasteiger partial charge in [0.15, 0.2) is 0 Å². The molecule has 2 aliphatic rings. The van der Waals surface area contributed by atoms with E-state index in [1.807, 2.05) is 0 Å². The van der Waals surface area contributed by atoms with Gasteiger partial charge in [0.25, 0.3) is 0 Å². The number of piperidine rings is 2. The zero-order valence-corrected chi connectivity index (χ0v) is 17.6. The van der Waals surface area contributed by atoms with Gasteiger partial charge in [0.2, 0.25) is 0 Å². The van der Waals surface area contributed by atoms with Gasteiger partial charge >= 0.3 is 0 Å². The summed E-state index contributed by atoms with van der Waals surface area (Å²) >= 11 is 3.57. The fourth-order valence-corrected chi connectivity index (χ4v) is 4.28. The maximum atomic E-state index is 6.12. The predicted octanol–water partition coefficient (Wildman–Crippen LogP) is 4.60. The van der Waals surface area contributed by atoms with Gasteiger partial charge in [0.1, 0.15) is 12.4 Å². The summed E-state index contributed by atoms with van der Waals surface area (Å²) in [6.07, 6.45) is 9.38. The molecule has 0 unspecified atom stereocenters. The fraction of sp³-hybridized carbons (Fsp3) is 0.714. The molecule has 2 heterocycles. The minimum Gasteiger partial charge on any atom is -0.490 e. The van der Waals surface area contributed by atoms with Crippen molar-refractivity contribution in [2.45, 2.75) is 44.9 Å². The first-order chi connectivity index (χ1) is 12.8. The van der Waals surface area contributed by atoms with Crippen LogP contribution < -0.4 is 10.1 Å². The summed E-state index contributed by atoms with van der Waals surface area (Å²) in [6, 6.07) is 6.30. The summed E-state index contributed by atoms with van der Waals surface area (Å²) in [7, 11) is 0. The average Bonchev–Trinajstić information content (AvgIpc) is 2.68. The van der Waals surface area contributed by atoms with Crippen LogP contribution in [0.15, 0.2) is 22.7 Å². The van der Waals surface area contributed by atoms with Crippen molar-refractivity contribution in [2.24, 2.45) is 0 Å². The highest BCUT2D eigenvalue weighted by atomic mass is 79.9. The largest absolute Gasteiger partial charge is 0.490 e. The number of halogens is 1. The summed E-state index contributed by atoms with van der Waals surface area (Å²) in [6.45, 7) is 9.01. The van der Waals surface area contributed by atoms with E-state index in [1.165, 1.54) is 77.7 Å². The summed E-state index contributed by atoms with van der Waals surface area (Å²) < 4.78 is 7.20. The second-order valence-corrected chi connectivity index (χ2v) is 8.49. The van der Waals surface area contributed by atoms with Gasteiger partial charge in [-0.2, -0.15) is 0 Å². The van der Waals surface area contributed by atoms with Crippen molar-refractivity contribution in [1.29, 1.82) is 0 Å². The second-order valence-electron chi connectivity index (χ2n) is 7.57. The molecule has 1 N–H and O–H groups in total. The molecule has 3 rings (SSSR count). The highest BCUT2D eigenvalue weighted by molar-refractivity contribution is 9.10. The standard InChI is InChI=1S/C21H34BrN3O/c22-19-8-9-20(23-10-7-15-24-11-3-1-4-12-24)21(18-19)26-17-16-25-13-5-2-6-14-25/h8-9,18,23H,1-7,10-17H2. The van der Waals surface area contributed by atoms with Gasteiger partial charge in [0, 0.05) is 17.6 Å². The molecular weight excluding hydrogens is 390 g/mol. The number of likely N-dealkylation sites (tertiary alicyclic amines) is 2. The minimum atomic E-state index is 0.763. The molecule has 0 radical (unpaired) electrons. The number of rotatable bonds is 9. The molecule has 0 saturated carbocycles. The molecule has 2 saturated heterocycles. The van der Waals surface area contributed by atoms with Crippen molar-refractivity contribution in [2.75, 3.05) is 57.7 Å². The molecule has 5 heteroatoms. The number of benzene rings is 1. The van der Waals surface area contributed by atoms with Gasteiger partial charge in [-0.15, -0.1) is 0 Å². The Kier molecular flexibility index (Phi) is 8.56. The van der Waals surface area contributed by atoms with Gasteiger partial charge < -0.3 is 15.0 Å². The van der Waals surface area contributed by atoms with Crippen LogP contribution in [0.3, 0.4) is 0 Å². The van der Waals surface area contributed by atoms with Crippen LogP contribution in [0.5, 0.6) is 5.75 Å². The predicted molar refractivity (Wildman–Crippen MR) is 113 cm³/mol. The molecule has 1 aromatic carbocycles. The number of nitrogens with zero attached hydrogens (tertiary/aromatic N) is 2. The number of nitrogens with one attached hydrogen (secondary N) is 1.